The van der Waals surface area contributed by atoms with Crippen LogP contribution in [0.3, 0.4) is 0 Å². The van der Waals surface area contributed by atoms with Crippen molar-refractivity contribution in [3.63, 3.8) is 0 Å². The Hall–Kier alpha value is -1.60. The first-order valence-corrected chi connectivity index (χ1v) is 7.38. The van der Waals surface area contributed by atoms with Crippen molar-refractivity contribution in [1.82, 2.24) is 4.72 Å². The van der Waals surface area contributed by atoms with E-state index in [0.717, 1.165) is 12.8 Å². The molecule has 1 rings (SSSR count). The maximum Gasteiger partial charge on any atom is 0.339 e. The van der Waals surface area contributed by atoms with Crippen LogP contribution in [0, 0.1) is 0 Å². The number of nitrogens with two attached hydrogens (primary N) is 1. The third-order valence-electron chi connectivity index (χ3n) is 2.52. The Morgan fingerprint density at radius 2 is 2.11 bits per heavy atom. The summed E-state index contributed by atoms with van der Waals surface area (Å²) in [4.78, 5) is 11.4. The molecule has 0 saturated carbocycles. The highest BCUT2D eigenvalue weighted by atomic mass is 32.2. The number of anilines is 1. The molecule has 6 nitrogen and oxygen atoms in total. The first kappa shape index (κ1) is 15.5. The molecule has 0 aliphatic heterocycles. The predicted molar refractivity (Wildman–Crippen MR) is 72.3 cm³/mol. The number of hydrogen-bond acceptors (Lipinski definition) is 5. The molecule has 19 heavy (non-hydrogen) atoms. The van der Waals surface area contributed by atoms with Crippen molar-refractivity contribution in [3.05, 3.63) is 23.8 Å². The Morgan fingerprint density at radius 1 is 1.42 bits per heavy atom. The van der Waals surface area contributed by atoms with Crippen LogP contribution in [0.5, 0.6) is 0 Å². The van der Waals surface area contributed by atoms with E-state index in [1.54, 1.807) is 0 Å². The van der Waals surface area contributed by atoms with Crippen molar-refractivity contribution in [2.24, 2.45) is 0 Å². The molecule has 0 bridgehead atoms. The van der Waals surface area contributed by atoms with Gasteiger partial charge in [-0.15, -0.1) is 0 Å². The van der Waals surface area contributed by atoms with Crippen molar-refractivity contribution >= 4 is 21.7 Å². The zero-order valence-corrected chi connectivity index (χ0v) is 11.8. The highest BCUT2D eigenvalue weighted by Gasteiger charge is 2.22. The van der Waals surface area contributed by atoms with Crippen LogP contribution in [-0.2, 0) is 14.8 Å². The third kappa shape index (κ3) is 3.93. The number of carbonyl (C=O) groups excluding carboxylic acids is 1. The number of benzene rings is 1. The molecule has 0 aliphatic rings. The average Bonchev–Trinajstić information content (AvgIpc) is 2.38. The van der Waals surface area contributed by atoms with Gasteiger partial charge in [0, 0.05) is 12.2 Å². The normalized spacial score (nSPS) is 11.3. The molecule has 0 fully saturated rings. The standard InChI is InChI=1S/C12H18N2O4S/c1-3-4-7-14-19(16,17)11-8-9(13)5-6-10(11)12(15)18-2/h5-6,8,14H,3-4,7,13H2,1-2H3. The molecular weight excluding hydrogens is 268 g/mol. The fourth-order valence-electron chi connectivity index (χ4n) is 1.50. The molecule has 0 atom stereocenters. The molecule has 1 aromatic carbocycles. The molecule has 0 saturated heterocycles. The lowest BCUT2D eigenvalue weighted by Crippen LogP contribution is -2.26. The third-order valence-corrected chi connectivity index (χ3v) is 4.02. The summed E-state index contributed by atoms with van der Waals surface area (Å²) in [5.74, 6) is -0.712. The number of nitrogens with one attached hydrogen (secondary N) is 1. The maximum absolute atomic E-state index is 12.1. The summed E-state index contributed by atoms with van der Waals surface area (Å²) in [7, 11) is -2.58. The fourth-order valence-corrected chi connectivity index (χ4v) is 2.80. The second-order valence-corrected chi connectivity index (χ2v) is 5.73. The molecule has 106 valence electrons. The lowest BCUT2D eigenvalue weighted by molar-refractivity contribution is 0.0596. The number of unbranched alkanes of at least 4 members (excludes halogenated alkanes) is 1. The summed E-state index contributed by atoms with van der Waals surface area (Å²) in [6.07, 6.45) is 1.58. The zero-order valence-electron chi connectivity index (χ0n) is 11.0. The van der Waals surface area contributed by atoms with Gasteiger partial charge < -0.3 is 10.5 Å². The number of esters is 1. The summed E-state index contributed by atoms with van der Waals surface area (Å²) < 4.78 is 31.2. The molecule has 0 spiro atoms. The molecular formula is C12H18N2O4S. The first-order valence-electron chi connectivity index (χ1n) is 5.90. The maximum atomic E-state index is 12.1. The van der Waals surface area contributed by atoms with Crippen molar-refractivity contribution < 1.29 is 17.9 Å². The van der Waals surface area contributed by atoms with Crippen LogP contribution in [0.15, 0.2) is 23.1 Å². The number of ether oxygens (including phenoxy) is 1. The van der Waals surface area contributed by atoms with Crippen LogP contribution in [0.25, 0.3) is 0 Å². The van der Waals surface area contributed by atoms with Crippen LogP contribution in [0.4, 0.5) is 5.69 Å². The number of methoxy groups -OCH3 is 1. The summed E-state index contributed by atoms with van der Waals surface area (Å²) in [5.41, 5.74) is 5.82. The number of hydrogen-bond donors (Lipinski definition) is 2. The Labute approximate surface area is 113 Å². The molecule has 0 radical (unpaired) electrons. The highest BCUT2D eigenvalue weighted by Crippen LogP contribution is 2.20. The van der Waals surface area contributed by atoms with Crippen LogP contribution in [0.2, 0.25) is 0 Å². The van der Waals surface area contributed by atoms with E-state index in [4.69, 9.17) is 5.73 Å². The molecule has 0 aliphatic carbocycles. The van der Waals surface area contributed by atoms with E-state index in [1.807, 2.05) is 6.92 Å². The average molecular weight is 286 g/mol. The predicted octanol–water partition coefficient (Wildman–Crippen LogP) is 1.13. The second-order valence-electron chi connectivity index (χ2n) is 4.00. The monoisotopic (exact) mass is 286 g/mol. The highest BCUT2D eigenvalue weighted by molar-refractivity contribution is 7.89. The quantitative estimate of drug-likeness (QED) is 0.464. The van der Waals surface area contributed by atoms with E-state index >= 15 is 0 Å². The first-order chi connectivity index (χ1) is 8.92. The van der Waals surface area contributed by atoms with Crippen molar-refractivity contribution in [3.8, 4) is 0 Å². The van der Waals surface area contributed by atoms with Gasteiger partial charge in [-0.05, 0) is 24.6 Å². The lowest BCUT2D eigenvalue weighted by atomic mass is 10.2. The number of sulfonamides is 1. The molecule has 7 heteroatoms. The van der Waals surface area contributed by atoms with Gasteiger partial charge >= 0.3 is 5.97 Å². The van der Waals surface area contributed by atoms with E-state index in [-0.39, 0.29) is 16.1 Å². The van der Waals surface area contributed by atoms with E-state index in [0.29, 0.717) is 6.54 Å². The van der Waals surface area contributed by atoms with Gasteiger partial charge in [0.2, 0.25) is 10.0 Å². The minimum Gasteiger partial charge on any atom is -0.465 e. The summed E-state index contributed by atoms with van der Waals surface area (Å²) >= 11 is 0. The van der Waals surface area contributed by atoms with Gasteiger partial charge in [-0.25, -0.2) is 17.9 Å². The zero-order chi connectivity index (χ0) is 14.5. The van der Waals surface area contributed by atoms with Crippen LogP contribution in [0.1, 0.15) is 30.1 Å². The van der Waals surface area contributed by atoms with Gasteiger partial charge in [0.05, 0.1) is 17.6 Å². The molecule has 3 N–H and O–H groups in total. The fraction of sp³-hybridized carbons (Fsp3) is 0.417. The van der Waals surface area contributed by atoms with Gasteiger partial charge in [-0.2, -0.15) is 0 Å². The molecule has 0 amide bonds. The molecule has 1 aromatic rings. The Balaban J connectivity index is 3.16. The van der Waals surface area contributed by atoms with Crippen molar-refractivity contribution in [2.45, 2.75) is 24.7 Å². The van der Waals surface area contributed by atoms with Crippen molar-refractivity contribution in [2.75, 3.05) is 19.4 Å². The summed E-state index contributed by atoms with van der Waals surface area (Å²) in [5, 5.41) is 0. The van der Waals surface area contributed by atoms with Gasteiger partial charge in [-0.3, -0.25) is 0 Å². The van der Waals surface area contributed by atoms with E-state index < -0.39 is 16.0 Å². The summed E-state index contributed by atoms with van der Waals surface area (Å²) in [6, 6.07) is 4.05. The van der Waals surface area contributed by atoms with Gasteiger partial charge in [0.15, 0.2) is 0 Å². The molecule has 0 aromatic heterocycles. The van der Waals surface area contributed by atoms with Crippen LogP contribution >= 0.6 is 0 Å². The SMILES string of the molecule is CCCCNS(=O)(=O)c1cc(N)ccc1C(=O)OC. The Bertz CT molecular complexity index is 555. The number of rotatable bonds is 6. The lowest BCUT2D eigenvalue weighted by Gasteiger charge is -2.10. The van der Waals surface area contributed by atoms with E-state index in [2.05, 4.69) is 9.46 Å². The number of carbonyl (C=O) groups is 1. The molecule has 0 unspecified atom stereocenters. The van der Waals surface area contributed by atoms with Gasteiger partial charge in [0.25, 0.3) is 0 Å². The Kier molecular flexibility index (Phi) is 5.31. The van der Waals surface area contributed by atoms with Crippen LogP contribution in [-0.4, -0.2) is 28.0 Å². The summed E-state index contributed by atoms with van der Waals surface area (Å²) in [6.45, 7) is 2.27. The number of nitrogen functional groups attached to an aromatic ring is 1. The smallest absolute Gasteiger partial charge is 0.339 e. The Morgan fingerprint density at radius 3 is 2.68 bits per heavy atom. The molecule has 0 heterocycles. The van der Waals surface area contributed by atoms with Gasteiger partial charge in [0.1, 0.15) is 0 Å². The minimum atomic E-state index is -3.77. The largest absolute Gasteiger partial charge is 0.465 e. The second kappa shape index (κ2) is 6.53. The topological polar surface area (TPSA) is 98.5 Å². The minimum absolute atomic E-state index is 0.0271. The van der Waals surface area contributed by atoms with Gasteiger partial charge in [-0.1, -0.05) is 13.3 Å². The van der Waals surface area contributed by atoms with E-state index in [9.17, 15) is 13.2 Å². The van der Waals surface area contributed by atoms with E-state index in [1.165, 1.54) is 25.3 Å². The van der Waals surface area contributed by atoms with Crippen molar-refractivity contribution in [1.29, 1.82) is 0 Å². The van der Waals surface area contributed by atoms with Crippen LogP contribution < -0.4 is 10.5 Å².